The molecule has 0 amide bonds. The van der Waals surface area contributed by atoms with Gasteiger partial charge in [-0.2, -0.15) is 0 Å². The molecule has 0 fully saturated rings. The molecule has 2 heteroatoms. The lowest BCUT2D eigenvalue weighted by Gasteiger charge is -2.22. The van der Waals surface area contributed by atoms with Gasteiger partial charge in [0.1, 0.15) is 0 Å². The van der Waals surface area contributed by atoms with E-state index in [1.165, 1.54) is 5.56 Å². The van der Waals surface area contributed by atoms with Crippen molar-refractivity contribution < 1.29 is 4.79 Å². The third kappa shape index (κ3) is 3.17. The smallest absolute Gasteiger partial charge is 0.179 e. The molecule has 0 heterocycles. The van der Waals surface area contributed by atoms with Crippen LogP contribution in [-0.2, 0) is 0 Å². The van der Waals surface area contributed by atoms with Crippen LogP contribution in [-0.4, -0.2) is 30.3 Å². The molecule has 1 aromatic rings. The van der Waals surface area contributed by atoms with Gasteiger partial charge in [-0.25, -0.2) is 0 Å². The first-order valence-electron chi connectivity index (χ1n) is 5.87. The Balaban J connectivity index is 2.73. The number of benzene rings is 1. The average Bonchev–Trinajstić information content (AvgIpc) is 2.28. The summed E-state index contributed by atoms with van der Waals surface area (Å²) in [5, 5.41) is 0. The van der Waals surface area contributed by atoms with Crippen molar-refractivity contribution in [1.29, 1.82) is 0 Å². The van der Waals surface area contributed by atoms with Crippen molar-refractivity contribution in [2.24, 2.45) is 0 Å². The Hall–Kier alpha value is -1.15. The van der Waals surface area contributed by atoms with E-state index in [4.69, 9.17) is 0 Å². The summed E-state index contributed by atoms with van der Waals surface area (Å²) >= 11 is 0. The number of carbonyl (C=O) groups excluding carboxylic acids is 1. The zero-order chi connectivity index (χ0) is 12.1. The lowest BCUT2D eigenvalue weighted by atomic mass is 10.0. The van der Waals surface area contributed by atoms with Gasteiger partial charge in [-0.1, -0.05) is 36.8 Å². The van der Waals surface area contributed by atoms with E-state index in [9.17, 15) is 4.79 Å². The van der Waals surface area contributed by atoms with Crippen LogP contribution < -0.4 is 0 Å². The topological polar surface area (TPSA) is 20.3 Å². The normalized spacial score (nSPS) is 12.8. The van der Waals surface area contributed by atoms with E-state index in [-0.39, 0.29) is 11.8 Å². The van der Waals surface area contributed by atoms with Crippen molar-refractivity contribution in [2.75, 3.05) is 13.6 Å². The molecule has 0 aliphatic carbocycles. The van der Waals surface area contributed by atoms with Crippen LogP contribution in [0.1, 0.15) is 36.2 Å². The van der Waals surface area contributed by atoms with Gasteiger partial charge in [-0.3, -0.25) is 9.69 Å². The molecule has 16 heavy (non-hydrogen) atoms. The maximum atomic E-state index is 12.1. The molecule has 0 saturated heterocycles. The Labute approximate surface area is 98.3 Å². The summed E-state index contributed by atoms with van der Waals surface area (Å²) < 4.78 is 0. The zero-order valence-corrected chi connectivity index (χ0v) is 10.7. The van der Waals surface area contributed by atoms with Crippen LogP contribution in [0.5, 0.6) is 0 Å². The van der Waals surface area contributed by atoms with Crippen LogP contribution in [0.25, 0.3) is 0 Å². The molecular weight excluding hydrogens is 198 g/mol. The molecule has 2 nitrogen and oxygen atoms in total. The lowest BCUT2D eigenvalue weighted by Crippen LogP contribution is -2.36. The molecule has 1 unspecified atom stereocenters. The van der Waals surface area contributed by atoms with Crippen molar-refractivity contribution in [3.05, 3.63) is 35.4 Å². The van der Waals surface area contributed by atoms with E-state index >= 15 is 0 Å². The zero-order valence-electron chi connectivity index (χ0n) is 10.7. The number of ketones is 1. The summed E-state index contributed by atoms with van der Waals surface area (Å²) in [6, 6.07) is 7.75. The van der Waals surface area contributed by atoms with Gasteiger partial charge < -0.3 is 0 Å². The quantitative estimate of drug-likeness (QED) is 0.710. The second-order valence-corrected chi connectivity index (χ2v) is 4.39. The molecule has 0 radical (unpaired) electrons. The van der Waals surface area contributed by atoms with Gasteiger partial charge in [0, 0.05) is 5.56 Å². The highest BCUT2D eigenvalue weighted by atomic mass is 16.1. The number of hydrogen-bond acceptors (Lipinski definition) is 2. The van der Waals surface area contributed by atoms with Crippen LogP contribution in [0.2, 0.25) is 0 Å². The Morgan fingerprint density at radius 3 is 2.38 bits per heavy atom. The van der Waals surface area contributed by atoms with Crippen LogP contribution in [0.15, 0.2) is 24.3 Å². The highest BCUT2D eigenvalue weighted by molar-refractivity contribution is 5.99. The third-order valence-corrected chi connectivity index (χ3v) is 2.95. The van der Waals surface area contributed by atoms with Gasteiger partial charge in [-0.05, 0) is 33.9 Å². The van der Waals surface area contributed by atoms with Gasteiger partial charge in [0.15, 0.2) is 5.78 Å². The molecule has 0 aromatic heterocycles. The predicted molar refractivity (Wildman–Crippen MR) is 67.9 cm³/mol. The number of hydrogen-bond donors (Lipinski definition) is 0. The molecule has 0 spiro atoms. The largest absolute Gasteiger partial charge is 0.297 e. The van der Waals surface area contributed by atoms with E-state index in [0.717, 1.165) is 18.5 Å². The van der Waals surface area contributed by atoms with Crippen molar-refractivity contribution >= 4 is 5.78 Å². The van der Waals surface area contributed by atoms with E-state index in [2.05, 4.69) is 11.8 Å². The maximum Gasteiger partial charge on any atom is 0.179 e. The second-order valence-electron chi connectivity index (χ2n) is 4.39. The molecule has 88 valence electrons. The number of likely N-dealkylation sites (N-methyl/N-ethyl adjacent to an activating group) is 1. The monoisotopic (exact) mass is 219 g/mol. The lowest BCUT2D eigenvalue weighted by molar-refractivity contribution is 0.0869. The molecule has 1 aromatic carbocycles. The SMILES string of the molecule is CCCN(C)C(C)C(=O)c1ccc(C)cc1. The summed E-state index contributed by atoms with van der Waals surface area (Å²) in [5.41, 5.74) is 1.99. The van der Waals surface area contributed by atoms with E-state index < -0.39 is 0 Å². The number of carbonyl (C=O) groups is 1. The van der Waals surface area contributed by atoms with Crippen molar-refractivity contribution in [1.82, 2.24) is 4.90 Å². The third-order valence-electron chi connectivity index (χ3n) is 2.95. The van der Waals surface area contributed by atoms with Gasteiger partial charge in [0.2, 0.25) is 0 Å². The Bertz CT molecular complexity index is 342. The number of Topliss-reactive ketones (excluding diaryl/α,β-unsaturated/α-hetero) is 1. The minimum atomic E-state index is -0.0392. The molecule has 0 bridgehead atoms. The van der Waals surface area contributed by atoms with Gasteiger partial charge in [-0.15, -0.1) is 0 Å². The summed E-state index contributed by atoms with van der Waals surface area (Å²) in [7, 11) is 2.00. The summed E-state index contributed by atoms with van der Waals surface area (Å²) in [6.45, 7) is 7.08. The summed E-state index contributed by atoms with van der Waals surface area (Å²) in [5.74, 6) is 0.205. The van der Waals surface area contributed by atoms with Crippen LogP contribution >= 0.6 is 0 Å². The van der Waals surface area contributed by atoms with Crippen molar-refractivity contribution in [3.63, 3.8) is 0 Å². The van der Waals surface area contributed by atoms with Gasteiger partial charge in [0.05, 0.1) is 6.04 Å². The number of aryl methyl sites for hydroxylation is 1. The first-order valence-corrected chi connectivity index (χ1v) is 5.87. The van der Waals surface area contributed by atoms with Gasteiger partial charge >= 0.3 is 0 Å². The van der Waals surface area contributed by atoms with Crippen LogP contribution in [0.4, 0.5) is 0 Å². The molecule has 0 aliphatic rings. The minimum absolute atomic E-state index is 0.0392. The molecule has 0 N–H and O–H groups in total. The van der Waals surface area contributed by atoms with Crippen molar-refractivity contribution in [2.45, 2.75) is 33.2 Å². The maximum absolute atomic E-state index is 12.1. The molecule has 0 aliphatic heterocycles. The van der Waals surface area contributed by atoms with Crippen LogP contribution in [0.3, 0.4) is 0 Å². The van der Waals surface area contributed by atoms with E-state index in [1.54, 1.807) is 0 Å². The molecule has 1 atom stereocenters. The Kier molecular flexibility index (Phi) is 4.69. The fraction of sp³-hybridized carbons (Fsp3) is 0.500. The first kappa shape index (κ1) is 12.9. The molecule has 1 rings (SSSR count). The van der Waals surface area contributed by atoms with Gasteiger partial charge in [0.25, 0.3) is 0 Å². The summed E-state index contributed by atoms with van der Waals surface area (Å²) in [4.78, 5) is 14.2. The Morgan fingerprint density at radius 2 is 1.88 bits per heavy atom. The first-order chi connectivity index (χ1) is 7.56. The van der Waals surface area contributed by atoms with Crippen molar-refractivity contribution in [3.8, 4) is 0 Å². The molecular formula is C14H21NO. The highest BCUT2D eigenvalue weighted by Gasteiger charge is 2.18. The summed E-state index contributed by atoms with van der Waals surface area (Å²) in [6.07, 6.45) is 1.07. The fourth-order valence-electron chi connectivity index (χ4n) is 1.71. The fourth-order valence-corrected chi connectivity index (χ4v) is 1.71. The number of nitrogens with zero attached hydrogens (tertiary/aromatic N) is 1. The average molecular weight is 219 g/mol. The predicted octanol–water partition coefficient (Wildman–Crippen LogP) is 2.91. The minimum Gasteiger partial charge on any atom is -0.297 e. The molecule has 0 saturated carbocycles. The number of rotatable bonds is 5. The Morgan fingerprint density at radius 1 is 1.31 bits per heavy atom. The highest BCUT2D eigenvalue weighted by Crippen LogP contribution is 2.09. The second kappa shape index (κ2) is 5.80. The standard InChI is InChI=1S/C14H21NO/c1-5-10-15(4)12(3)14(16)13-8-6-11(2)7-9-13/h6-9,12H,5,10H2,1-4H3. The van der Waals surface area contributed by atoms with E-state index in [0.29, 0.717) is 0 Å². The van der Waals surface area contributed by atoms with Crippen LogP contribution in [0, 0.1) is 6.92 Å². The van der Waals surface area contributed by atoms with E-state index in [1.807, 2.05) is 45.2 Å².